The van der Waals surface area contributed by atoms with E-state index in [2.05, 4.69) is 41.9 Å². The second-order valence-corrected chi connectivity index (χ2v) is 8.03. The molecular formula is C24H26BN3O2S. The van der Waals surface area contributed by atoms with E-state index in [1.165, 1.54) is 18.0 Å². The lowest BCUT2D eigenvalue weighted by Crippen LogP contribution is -2.44. The standard InChI is InChI=1S/C24H26BN3O2S/c1-5-8-15-20(12-6-2)27-21(29)24(16-17-24)22(30)28-23(26-7-3)31-18(4)25-19-13-10-9-11-14-19/h5-15,25H,1-4,16-17H2,(H,27,29)(H,26,28,30)/b15-8-,20-12+. The Labute approximate surface area is 188 Å². The summed E-state index contributed by atoms with van der Waals surface area (Å²) in [6.07, 6.45) is 10.5. The minimum atomic E-state index is -1.12. The minimum Gasteiger partial charge on any atom is -0.325 e. The van der Waals surface area contributed by atoms with Gasteiger partial charge in [-0.25, -0.2) is 4.99 Å². The molecule has 2 N–H and O–H groups in total. The number of amidine groups is 1. The Balaban J connectivity index is 2.04. The van der Waals surface area contributed by atoms with Gasteiger partial charge in [0.2, 0.25) is 11.8 Å². The fourth-order valence-corrected chi connectivity index (χ4v) is 3.53. The number of carbonyl (C=O) groups is 2. The molecule has 0 aromatic heterocycles. The molecule has 0 bridgehead atoms. The van der Waals surface area contributed by atoms with Gasteiger partial charge in [0.15, 0.2) is 12.4 Å². The fourth-order valence-electron chi connectivity index (χ4n) is 2.75. The monoisotopic (exact) mass is 431 g/mol. The van der Waals surface area contributed by atoms with Crippen molar-refractivity contribution in [1.82, 2.24) is 10.6 Å². The molecule has 158 valence electrons. The number of rotatable bonds is 10. The van der Waals surface area contributed by atoms with Crippen LogP contribution >= 0.6 is 11.8 Å². The molecule has 0 spiro atoms. The molecule has 0 radical (unpaired) electrons. The summed E-state index contributed by atoms with van der Waals surface area (Å²) in [5, 5.41) is 5.90. The molecule has 1 saturated carbocycles. The van der Waals surface area contributed by atoms with E-state index in [4.69, 9.17) is 0 Å². The van der Waals surface area contributed by atoms with E-state index in [9.17, 15) is 9.59 Å². The molecule has 2 amide bonds. The van der Waals surface area contributed by atoms with Crippen LogP contribution in [0.2, 0.25) is 0 Å². The van der Waals surface area contributed by atoms with Crippen molar-refractivity contribution < 1.29 is 9.59 Å². The SMILES string of the molecule is C=C/C=C\C(=C/C=C)NC(=O)C1(C(=O)N/C(=N/C=C)SC(=C)Bc2ccccc2)CC1. The topological polar surface area (TPSA) is 70.6 Å². The lowest BCUT2D eigenvalue weighted by molar-refractivity contribution is -0.135. The second kappa shape index (κ2) is 11.8. The predicted molar refractivity (Wildman–Crippen MR) is 133 cm³/mol. The summed E-state index contributed by atoms with van der Waals surface area (Å²) in [6, 6.07) is 9.89. The number of amides is 2. The first-order valence-electron chi connectivity index (χ1n) is 9.78. The molecule has 0 saturated heterocycles. The highest BCUT2D eigenvalue weighted by atomic mass is 32.2. The predicted octanol–water partition coefficient (Wildman–Crippen LogP) is 3.28. The summed E-state index contributed by atoms with van der Waals surface area (Å²) < 4.78 is 0. The van der Waals surface area contributed by atoms with E-state index in [1.807, 2.05) is 30.3 Å². The number of nitrogens with one attached hydrogen (secondary N) is 2. The Morgan fingerprint density at radius 2 is 1.74 bits per heavy atom. The molecule has 0 heterocycles. The number of allylic oxidation sites excluding steroid dienone is 5. The highest BCUT2D eigenvalue weighted by Gasteiger charge is 2.56. The maximum absolute atomic E-state index is 12.9. The molecule has 2 rings (SSSR count). The van der Waals surface area contributed by atoms with Crippen molar-refractivity contribution in [3.63, 3.8) is 0 Å². The van der Waals surface area contributed by atoms with Crippen molar-refractivity contribution >= 4 is 41.5 Å². The van der Waals surface area contributed by atoms with Crippen molar-refractivity contribution in [2.24, 2.45) is 10.4 Å². The molecule has 0 unspecified atom stereocenters. The van der Waals surface area contributed by atoms with E-state index in [0.29, 0.717) is 31.0 Å². The van der Waals surface area contributed by atoms with Gasteiger partial charge in [0.05, 0.1) is 0 Å². The summed E-state index contributed by atoms with van der Waals surface area (Å²) in [5.41, 5.74) is 0.520. The molecule has 1 aliphatic rings. The molecule has 5 nitrogen and oxygen atoms in total. The van der Waals surface area contributed by atoms with Gasteiger partial charge in [-0.1, -0.05) is 92.1 Å². The highest BCUT2D eigenvalue weighted by molar-refractivity contribution is 8.18. The first kappa shape index (κ1) is 24.0. The van der Waals surface area contributed by atoms with Gasteiger partial charge >= 0.3 is 0 Å². The van der Waals surface area contributed by atoms with Crippen molar-refractivity contribution in [3.05, 3.63) is 104 Å². The van der Waals surface area contributed by atoms with Crippen molar-refractivity contribution in [2.75, 3.05) is 0 Å². The van der Waals surface area contributed by atoms with E-state index < -0.39 is 11.3 Å². The summed E-state index contributed by atoms with van der Waals surface area (Å²) >= 11 is 1.25. The van der Waals surface area contributed by atoms with Gasteiger partial charge in [-0.2, -0.15) is 0 Å². The molecule has 1 aromatic carbocycles. The largest absolute Gasteiger partial charge is 0.325 e. The van der Waals surface area contributed by atoms with Crippen LogP contribution in [-0.4, -0.2) is 24.3 Å². The molecule has 0 atom stereocenters. The molecular weight excluding hydrogens is 405 g/mol. The summed E-state index contributed by atoms with van der Waals surface area (Å²) in [5.74, 6) is -0.755. The Morgan fingerprint density at radius 1 is 1.06 bits per heavy atom. The van der Waals surface area contributed by atoms with Gasteiger partial charge in [-0.3, -0.25) is 9.59 Å². The molecule has 31 heavy (non-hydrogen) atoms. The lowest BCUT2D eigenvalue weighted by atomic mass is 9.70. The maximum atomic E-state index is 12.9. The molecule has 1 aliphatic carbocycles. The normalized spacial score (nSPS) is 15.0. The lowest BCUT2D eigenvalue weighted by Gasteiger charge is -2.17. The van der Waals surface area contributed by atoms with Crippen LogP contribution < -0.4 is 16.1 Å². The van der Waals surface area contributed by atoms with E-state index in [0.717, 1.165) is 10.3 Å². The van der Waals surface area contributed by atoms with E-state index in [-0.39, 0.29) is 5.91 Å². The average Bonchev–Trinajstić information content (AvgIpc) is 3.55. The third-order valence-electron chi connectivity index (χ3n) is 4.50. The van der Waals surface area contributed by atoms with Crippen molar-refractivity contribution in [2.45, 2.75) is 12.8 Å². The first-order chi connectivity index (χ1) is 14.9. The Bertz CT molecular complexity index is 960. The van der Waals surface area contributed by atoms with Gasteiger partial charge in [-0.15, -0.1) is 0 Å². The van der Waals surface area contributed by atoms with Crippen LogP contribution in [0.1, 0.15) is 12.8 Å². The van der Waals surface area contributed by atoms with Gasteiger partial charge in [0.25, 0.3) is 0 Å². The van der Waals surface area contributed by atoms with Crippen LogP contribution in [-0.2, 0) is 9.59 Å². The van der Waals surface area contributed by atoms with Gasteiger partial charge in [0.1, 0.15) is 5.41 Å². The second-order valence-electron chi connectivity index (χ2n) is 6.86. The number of hydrogen-bond donors (Lipinski definition) is 2. The van der Waals surface area contributed by atoms with Gasteiger partial charge < -0.3 is 10.6 Å². The number of hydrogen-bond acceptors (Lipinski definition) is 4. The van der Waals surface area contributed by atoms with E-state index >= 15 is 0 Å². The quantitative estimate of drug-likeness (QED) is 0.196. The number of aliphatic imine (C=N–C) groups is 1. The Morgan fingerprint density at radius 3 is 2.32 bits per heavy atom. The van der Waals surface area contributed by atoms with Crippen LogP contribution in [0.4, 0.5) is 0 Å². The molecule has 1 aromatic rings. The van der Waals surface area contributed by atoms with Crippen molar-refractivity contribution in [1.29, 1.82) is 0 Å². The summed E-state index contributed by atoms with van der Waals surface area (Å²) in [4.78, 5) is 30.7. The summed E-state index contributed by atoms with van der Waals surface area (Å²) in [7, 11) is 0.633. The fraction of sp³-hybridized carbons (Fsp3) is 0.125. The average molecular weight is 431 g/mol. The zero-order chi connectivity index (χ0) is 22.7. The third kappa shape index (κ3) is 7.15. The summed E-state index contributed by atoms with van der Waals surface area (Å²) in [6.45, 7) is 14.9. The Hall–Kier alpha value is -3.32. The smallest absolute Gasteiger partial charge is 0.241 e. The Kier molecular flexibility index (Phi) is 9.09. The minimum absolute atomic E-state index is 0.341. The van der Waals surface area contributed by atoms with Crippen LogP contribution in [0.15, 0.2) is 109 Å². The zero-order valence-corrected chi connectivity index (χ0v) is 18.3. The zero-order valence-electron chi connectivity index (χ0n) is 17.5. The van der Waals surface area contributed by atoms with Crippen LogP contribution in [0.25, 0.3) is 0 Å². The number of nitrogens with zero attached hydrogens (tertiary/aromatic N) is 1. The van der Waals surface area contributed by atoms with Gasteiger partial charge in [-0.05, 0) is 29.8 Å². The van der Waals surface area contributed by atoms with Gasteiger partial charge in [0, 0.05) is 11.9 Å². The number of thioether (sulfide) groups is 1. The molecule has 1 fully saturated rings. The maximum Gasteiger partial charge on any atom is 0.241 e. The number of carbonyl (C=O) groups excluding carboxylic acids is 2. The van der Waals surface area contributed by atoms with Crippen LogP contribution in [0.3, 0.4) is 0 Å². The highest BCUT2D eigenvalue weighted by Crippen LogP contribution is 2.46. The molecule has 0 aliphatic heterocycles. The third-order valence-corrected chi connectivity index (χ3v) is 5.33. The van der Waals surface area contributed by atoms with Crippen molar-refractivity contribution in [3.8, 4) is 0 Å². The molecule has 7 heteroatoms. The van der Waals surface area contributed by atoms with Crippen LogP contribution in [0.5, 0.6) is 0 Å². The van der Waals surface area contributed by atoms with E-state index in [1.54, 1.807) is 30.4 Å². The first-order valence-corrected chi connectivity index (χ1v) is 10.6. The van der Waals surface area contributed by atoms with Crippen LogP contribution in [0, 0.1) is 5.41 Å². The number of benzene rings is 1.